The van der Waals surface area contributed by atoms with Crippen molar-refractivity contribution in [2.45, 2.75) is 55.4 Å². The number of rotatable bonds is 6. The van der Waals surface area contributed by atoms with Crippen LogP contribution in [0.5, 0.6) is 0 Å². The van der Waals surface area contributed by atoms with Crippen LogP contribution < -0.4 is 5.32 Å². The van der Waals surface area contributed by atoms with Gasteiger partial charge in [-0.3, -0.25) is 0 Å². The first-order valence-corrected chi connectivity index (χ1v) is 8.30. The zero-order chi connectivity index (χ0) is 14.5. The Morgan fingerprint density at radius 2 is 2.24 bits per heavy atom. The number of tetrazole rings is 1. The number of nitrogens with zero attached hydrogens (tertiary/aromatic N) is 5. The Labute approximate surface area is 128 Å². The van der Waals surface area contributed by atoms with Crippen LogP contribution in [0.1, 0.15) is 44.2 Å². The molecule has 0 radical (unpaired) electrons. The van der Waals surface area contributed by atoms with E-state index in [1.165, 1.54) is 31.2 Å². The van der Waals surface area contributed by atoms with Crippen molar-refractivity contribution in [1.82, 2.24) is 30.5 Å². The third-order valence-corrected chi connectivity index (χ3v) is 4.75. The van der Waals surface area contributed by atoms with Crippen molar-refractivity contribution in [3.63, 3.8) is 0 Å². The average molecular weight is 304 g/mol. The molecule has 0 unspecified atom stereocenters. The third-order valence-electron chi connectivity index (χ3n) is 3.74. The van der Waals surface area contributed by atoms with Crippen molar-refractivity contribution in [2.75, 3.05) is 6.54 Å². The lowest BCUT2D eigenvalue weighted by Crippen LogP contribution is -2.13. The summed E-state index contributed by atoms with van der Waals surface area (Å²) in [7, 11) is 0. The summed E-state index contributed by atoms with van der Waals surface area (Å²) in [6, 6.07) is 4.52. The molecule has 2 heterocycles. The predicted molar refractivity (Wildman–Crippen MR) is 81.1 cm³/mol. The summed E-state index contributed by atoms with van der Waals surface area (Å²) >= 11 is 1.56. The fourth-order valence-corrected chi connectivity index (χ4v) is 3.54. The summed E-state index contributed by atoms with van der Waals surface area (Å²) in [6.07, 6.45) is 6.70. The molecule has 1 N–H and O–H groups in total. The van der Waals surface area contributed by atoms with Gasteiger partial charge < -0.3 is 5.32 Å². The molecule has 6 nitrogen and oxygen atoms in total. The first kappa shape index (κ1) is 14.5. The van der Waals surface area contributed by atoms with Crippen LogP contribution in [0.3, 0.4) is 0 Å². The molecule has 7 heteroatoms. The normalized spacial score (nSPS) is 15.7. The maximum atomic E-state index is 4.49. The first-order valence-electron chi connectivity index (χ1n) is 7.49. The van der Waals surface area contributed by atoms with Crippen molar-refractivity contribution in [3.8, 4) is 0 Å². The third kappa shape index (κ3) is 3.41. The molecule has 2 aromatic rings. The molecule has 1 aliphatic rings. The van der Waals surface area contributed by atoms with Crippen molar-refractivity contribution >= 4 is 11.8 Å². The Morgan fingerprint density at radius 3 is 3.05 bits per heavy atom. The van der Waals surface area contributed by atoms with Crippen molar-refractivity contribution in [1.29, 1.82) is 0 Å². The summed E-state index contributed by atoms with van der Waals surface area (Å²) in [5.41, 5.74) is 1.19. The van der Waals surface area contributed by atoms with Crippen LogP contribution in [0.25, 0.3) is 0 Å². The minimum Gasteiger partial charge on any atom is -0.313 e. The molecule has 3 rings (SSSR count). The molecule has 112 valence electrons. The van der Waals surface area contributed by atoms with Crippen LogP contribution in [0.2, 0.25) is 0 Å². The molecule has 0 saturated heterocycles. The molecule has 0 bridgehead atoms. The van der Waals surface area contributed by atoms with Gasteiger partial charge in [0.1, 0.15) is 5.03 Å². The lowest BCUT2D eigenvalue weighted by atomic mass is 10.3. The van der Waals surface area contributed by atoms with E-state index in [0.717, 1.165) is 23.3 Å². The van der Waals surface area contributed by atoms with E-state index < -0.39 is 0 Å². The summed E-state index contributed by atoms with van der Waals surface area (Å²) in [5.74, 6) is 0. The topological polar surface area (TPSA) is 68.5 Å². The van der Waals surface area contributed by atoms with Gasteiger partial charge in [0.2, 0.25) is 5.16 Å². The number of hydrogen-bond donors (Lipinski definition) is 1. The molecule has 1 saturated carbocycles. The first-order chi connectivity index (χ1) is 10.4. The summed E-state index contributed by atoms with van der Waals surface area (Å²) in [4.78, 5) is 4.49. The molecule has 0 aromatic carbocycles. The molecule has 0 spiro atoms. The van der Waals surface area contributed by atoms with Gasteiger partial charge in [0, 0.05) is 12.7 Å². The van der Waals surface area contributed by atoms with E-state index >= 15 is 0 Å². The Balaban J connectivity index is 1.79. The van der Waals surface area contributed by atoms with E-state index in [1.807, 2.05) is 16.9 Å². The molecule has 21 heavy (non-hydrogen) atoms. The van der Waals surface area contributed by atoms with Gasteiger partial charge in [0.05, 0.1) is 6.04 Å². The van der Waals surface area contributed by atoms with Gasteiger partial charge in [-0.05, 0) is 53.2 Å². The van der Waals surface area contributed by atoms with Crippen molar-refractivity contribution in [2.24, 2.45) is 0 Å². The predicted octanol–water partition coefficient (Wildman–Crippen LogP) is 2.44. The van der Waals surface area contributed by atoms with Crippen LogP contribution in [0, 0.1) is 0 Å². The van der Waals surface area contributed by atoms with E-state index in [0.29, 0.717) is 6.04 Å². The van der Waals surface area contributed by atoms with E-state index in [4.69, 9.17) is 0 Å². The van der Waals surface area contributed by atoms with E-state index in [2.05, 4.69) is 38.8 Å². The molecule has 2 aromatic heterocycles. The van der Waals surface area contributed by atoms with E-state index in [9.17, 15) is 0 Å². The fourth-order valence-electron chi connectivity index (χ4n) is 2.63. The highest BCUT2D eigenvalue weighted by Crippen LogP contribution is 2.34. The quantitative estimate of drug-likeness (QED) is 0.884. The van der Waals surface area contributed by atoms with Crippen LogP contribution in [-0.4, -0.2) is 31.7 Å². The monoisotopic (exact) mass is 304 g/mol. The molecule has 0 aliphatic heterocycles. The minimum atomic E-state index is 0.448. The Hall–Kier alpha value is -1.47. The van der Waals surface area contributed by atoms with E-state index in [1.54, 1.807) is 11.8 Å². The Morgan fingerprint density at radius 1 is 1.38 bits per heavy atom. The van der Waals surface area contributed by atoms with Crippen LogP contribution in [0.4, 0.5) is 0 Å². The van der Waals surface area contributed by atoms with Gasteiger partial charge >= 0.3 is 0 Å². The Bertz CT molecular complexity index is 578. The zero-order valence-corrected chi connectivity index (χ0v) is 13.0. The summed E-state index contributed by atoms with van der Waals surface area (Å²) in [5, 5.41) is 17.4. The molecule has 1 aliphatic carbocycles. The van der Waals surface area contributed by atoms with Crippen LogP contribution in [-0.2, 0) is 6.54 Å². The van der Waals surface area contributed by atoms with Gasteiger partial charge in [-0.2, -0.15) is 0 Å². The van der Waals surface area contributed by atoms with Gasteiger partial charge in [0.25, 0.3) is 0 Å². The largest absolute Gasteiger partial charge is 0.313 e. The van der Waals surface area contributed by atoms with Crippen LogP contribution >= 0.6 is 11.8 Å². The Kier molecular flexibility index (Phi) is 4.82. The second-order valence-corrected chi connectivity index (χ2v) is 6.15. The number of aromatic nitrogens is 5. The average Bonchev–Trinajstić information content (AvgIpc) is 3.17. The van der Waals surface area contributed by atoms with Gasteiger partial charge in [-0.15, -0.1) is 5.10 Å². The van der Waals surface area contributed by atoms with Crippen molar-refractivity contribution in [3.05, 3.63) is 23.9 Å². The highest BCUT2D eigenvalue weighted by molar-refractivity contribution is 7.99. The lowest BCUT2D eigenvalue weighted by molar-refractivity contribution is 0.423. The highest BCUT2D eigenvalue weighted by Gasteiger charge is 2.22. The molecular weight excluding hydrogens is 284 g/mol. The standard InChI is InChI=1S/C14H20N6S/c1-2-15-10-11-6-5-9-16-13(11)21-14-17-18-19-20(14)12-7-3-4-8-12/h5-6,9,12,15H,2-4,7-8,10H2,1H3. The smallest absolute Gasteiger partial charge is 0.215 e. The van der Waals surface area contributed by atoms with E-state index in [-0.39, 0.29) is 0 Å². The molecule has 0 amide bonds. The number of nitrogens with one attached hydrogen (secondary N) is 1. The SMILES string of the molecule is CCNCc1cccnc1Sc1nnnn1C1CCCC1. The van der Waals surface area contributed by atoms with Crippen LogP contribution in [0.15, 0.2) is 28.5 Å². The van der Waals surface area contributed by atoms with Gasteiger partial charge in [-0.1, -0.05) is 25.8 Å². The maximum absolute atomic E-state index is 4.49. The number of pyridine rings is 1. The fraction of sp³-hybridized carbons (Fsp3) is 0.571. The lowest BCUT2D eigenvalue weighted by Gasteiger charge is -2.12. The highest BCUT2D eigenvalue weighted by atomic mass is 32.2. The summed E-state index contributed by atoms with van der Waals surface area (Å²) < 4.78 is 1.98. The molecular formula is C14H20N6S. The second-order valence-electron chi connectivity index (χ2n) is 5.19. The zero-order valence-electron chi connectivity index (χ0n) is 12.2. The maximum Gasteiger partial charge on any atom is 0.215 e. The van der Waals surface area contributed by atoms with Crippen molar-refractivity contribution < 1.29 is 0 Å². The number of hydrogen-bond acceptors (Lipinski definition) is 6. The molecule has 0 atom stereocenters. The minimum absolute atomic E-state index is 0.448. The summed E-state index contributed by atoms with van der Waals surface area (Å²) in [6.45, 7) is 3.86. The molecule has 1 fully saturated rings. The van der Waals surface area contributed by atoms with Gasteiger partial charge in [-0.25, -0.2) is 9.67 Å². The second kappa shape index (κ2) is 7.00. The van der Waals surface area contributed by atoms with Gasteiger partial charge in [0.15, 0.2) is 0 Å².